The first-order chi connectivity index (χ1) is 7.19. The minimum Gasteiger partial charge on any atom is -0.507 e. The fourth-order valence-corrected chi connectivity index (χ4v) is 1.06. The predicted molar refractivity (Wildman–Crippen MR) is 53.3 cm³/mol. The van der Waals surface area contributed by atoms with Crippen molar-refractivity contribution in [2.45, 2.75) is 6.54 Å². The SMILES string of the molecule is C=CCOc1cc(O)c(CN=O)c(F)c1. The quantitative estimate of drug-likeness (QED) is 0.600. The highest BCUT2D eigenvalue weighted by atomic mass is 19.1. The minimum absolute atomic E-state index is 0.129. The average molecular weight is 211 g/mol. The highest BCUT2D eigenvalue weighted by molar-refractivity contribution is 5.41. The molecule has 80 valence electrons. The van der Waals surface area contributed by atoms with E-state index >= 15 is 0 Å². The third-order valence-corrected chi connectivity index (χ3v) is 1.74. The van der Waals surface area contributed by atoms with Gasteiger partial charge < -0.3 is 9.84 Å². The summed E-state index contributed by atoms with van der Waals surface area (Å²) in [7, 11) is 0. The van der Waals surface area contributed by atoms with Gasteiger partial charge in [-0.1, -0.05) is 17.8 Å². The summed E-state index contributed by atoms with van der Waals surface area (Å²) in [5.41, 5.74) is -0.129. The van der Waals surface area contributed by atoms with Crippen LogP contribution in [0.15, 0.2) is 30.0 Å². The number of phenolic OH excluding ortho intramolecular Hbond substituents is 1. The smallest absolute Gasteiger partial charge is 0.135 e. The molecule has 0 saturated heterocycles. The van der Waals surface area contributed by atoms with E-state index in [1.807, 2.05) is 0 Å². The number of aromatic hydroxyl groups is 1. The maximum atomic E-state index is 13.3. The van der Waals surface area contributed by atoms with Crippen LogP contribution >= 0.6 is 0 Å². The number of hydrogen-bond donors (Lipinski definition) is 1. The van der Waals surface area contributed by atoms with Gasteiger partial charge in [-0.2, -0.15) is 4.91 Å². The van der Waals surface area contributed by atoms with E-state index in [1.54, 1.807) is 0 Å². The van der Waals surface area contributed by atoms with Gasteiger partial charge in [0.2, 0.25) is 0 Å². The lowest BCUT2D eigenvalue weighted by Crippen LogP contribution is -1.96. The molecule has 15 heavy (non-hydrogen) atoms. The van der Waals surface area contributed by atoms with Crippen molar-refractivity contribution in [3.63, 3.8) is 0 Å². The van der Waals surface area contributed by atoms with Crippen LogP contribution in [0.3, 0.4) is 0 Å². The van der Waals surface area contributed by atoms with Crippen LogP contribution in [-0.4, -0.2) is 11.7 Å². The van der Waals surface area contributed by atoms with Crippen molar-refractivity contribution in [2.24, 2.45) is 5.18 Å². The number of rotatable bonds is 5. The second-order valence-electron chi connectivity index (χ2n) is 2.79. The van der Waals surface area contributed by atoms with Crippen LogP contribution in [0.5, 0.6) is 11.5 Å². The fraction of sp³-hybridized carbons (Fsp3) is 0.200. The lowest BCUT2D eigenvalue weighted by molar-refractivity contribution is 0.355. The standard InChI is InChI=1S/C10H10FNO3/c1-2-3-15-7-4-9(11)8(6-12-14)10(13)5-7/h2,4-5,13H,1,3,6H2. The van der Waals surface area contributed by atoms with Crippen LogP contribution in [-0.2, 0) is 6.54 Å². The molecular weight excluding hydrogens is 201 g/mol. The Morgan fingerprint density at radius 3 is 2.87 bits per heavy atom. The number of benzene rings is 1. The number of hydrogen-bond acceptors (Lipinski definition) is 4. The lowest BCUT2D eigenvalue weighted by atomic mass is 10.2. The Morgan fingerprint density at radius 1 is 1.60 bits per heavy atom. The second-order valence-corrected chi connectivity index (χ2v) is 2.79. The van der Waals surface area contributed by atoms with Gasteiger partial charge in [0.25, 0.3) is 0 Å². The van der Waals surface area contributed by atoms with Gasteiger partial charge in [-0.15, -0.1) is 0 Å². The molecule has 1 rings (SSSR count). The third-order valence-electron chi connectivity index (χ3n) is 1.74. The molecule has 0 spiro atoms. The van der Waals surface area contributed by atoms with Crippen LogP contribution in [0.1, 0.15) is 5.56 Å². The molecule has 0 atom stereocenters. The van der Waals surface area contributed by atoms with Crippen molar-refractivity contribution in [3.05, 3.63) is 41.1 Å². The molecule has 0 bridgehead atoms. The first kappa shape index (κ1) is 11.2. The van der Waals surface area contributed by atoms with Crippen molar-refractivity contribution < 1.29 is 14.2 Å². The molecule has 0 saturated carbocycles. The summed E-state index contributed by atoms with van der Waals surface area (Å²) in [6.07, 6.45) is 1.50. The van der Waals surface area contributed by atoms with Gasteiger partial charge in [-0.25, -0.2) is 4.39 Å². The molecule has 0 heterocycles. The molecule has 0 unspecified atom stereocenters. The summed E-state index contributed by atoms with van der Waals surface area (Å²) < 4.78 is 18.3. The zero-order chi connectivity index (χ0) is 11.3. The van der Waals surface area contributed by atoms with Crippen LogP contribution in [0, 0.1) is 10.7 Å². The summed E-state index contributed by atoms with van der Waals surface area (Å²) in [5, 5.41) is 11.9. The molecule has 0 fully saturated rings. The molecule has 1 aromatic carbocycles. The highest BCUT2D eigenvalue weighted by Crippen LogP contribution is 2.27. The Balaban J connectivity index is 2.96. The van der Waals surface area contributed by atoms with Crippen LogP contribution in [0.2, 0.25) is 0 Å². The monoisotopic (exact) mass is 211 g/mol. The van der Waals surface area contributed by atoms with E-state index in [-0.39, 0.29) is 23.7 Å². The molecule has 0 aliphatic rings. The van der Waals surface area contributed by atoms with Crippen molar-refractivity contribution in [3.8, 4) is 11.5 Å². The Hall–Kier alpha value is -1.91. The lowest BCUT2D eigenvalue weighted by Gasteiger charge is -2.07. The van der Waals surface area contributed by atoms with Crippen LogP contribution in [0.4, 0.5) is 4.39 Å². The third kappa shape index (κ3) is 2.77. The summed E-state index contributed by atoms with van der Waals surface area (Å²) in [6, 6.07) is 2.32. The Kier molecular flexibility index (Phi) is 3.79. The fourth-order valence-electron chi connectivity index (χ4n) is 1.06. The van der Waals surface area contributed by atoms with Gasteiger partial charge in [0, 0.05) is 12.1 Å². The molecule has 0 aliphatic carbocycles. The first-order valence-electron chi connectivity index (χ1n) is 4.23. The Bertz CT molecular complexity index is 356. The molecule has 4 nitrogen and oxygen atoms in total. The van der Waals surface area contributed by atoms with Crippen molar-refractivity contribution in [1.29, 1.82) is 0 Å². The van der Waals surface area contributed by atoms with Gasteiger partial charge in [0.05, 0.1) is 5.56 Å². The Labute approximate surface area is 86.0 Å². The molecular formula is C10H10FNO3. The van der Waals surface area contributed by atoms with E-state index < -0.39 is 12.4 Å². The largest absolute Gasteiger partial charge is 0.507 e. The number of ether oxygens (including phenoxy) is 1. The molecule has 0 amide bonds. The van der Waals surface area contributed by atoms with Crippen LogP contribution < -0.4 is 4.74 Å². The summed E-state index contributed by atoms with van der Waals surface area (Å²) in [5.74, 6) is -0.873. The van der Waals surface area contributed by atoms with Gasteiger partial charge in [-0.3, -0.25) is 0 Å². The predicted octanol–water partition coefficient (Wildman–Crippen LogP) is 2.36. The van der Waals surface area contributed by atoms with E-state index in [0.29, 0.717) is 0 Å². The normalized spacial score (nSPS) is 9.67. The average Bonchev–Trinajstić information content (AvgIpc) is 2.20. The molecule has 1 N–H and O–H groups in total. The zero-order valence-electron chi connectivity index (χ0n) is 7.94. The van der Waals surface area contributed by atoms with E-state index in [4.69, 9.17) is 4.74 Å². The molecule has 0 aliphatic heterocycles. The highest BCUT2D eigenvalue weighted by Gasteiger charge is 2.10. The zero-order valence-corrected chi connectivity index (χ0v) is 7.94. The van der Waals surface area contributed by atoms with Crippen molar-refractivity contribution in [2.75, 3.05) is 6.61 Å². The topological polar surface area (TPSA) is 58.9 Å². The van der Waals surface area contributed by atoms with E-state index in [9.17, 15) is 14.4 Å². The molecule has 0 radical (unpaired) electrons. The van der Waals surface area contributed by atoms with E-state index in [2.05, 4.69) is 11.8 Å². The van der Waals surface area contributed by atoms with Crippen molar-refractivity contribution in [1.82, 2.24) is 0 Å². The van der Waals surface area contributed by atoms with Crippen molar-refractivity contribution >= 4 is 0 Å². The summed E-state index contributed by atoms with van der Waals surface area (Å²) >= 11 is 0. The Morgan fingerprint density at radius 2 is 2.33 bits per heavy atom. The number of phenols is 1. The van der Waals surface area contributed by atoms with Gasteiger partial charge in [0.15, 0.2) is 0 Å². The minimum atomic E-state index is -0.714. The van der Waals surface area contributed by atoms with Gasteiger partial charge in [0.1, 0.15) is 30.5 Å². The van der Waals surface area contributed by atoms with E-state index in [1.165, 1.54) is 12.1 Å². The maximum Gasteiger partial charge on any atom is 0.135 e. The maximum absolute atomic E-state index is 13.3. The number of nitroso groups, excluding NO2 is 1. The molecule has 1 aromatic rings. The van der Waals surface area contributed by atoms with E-state index in [0.717, 1.165) is 6.07 Å². The second kappa shape index (κ2) is 5.09. The van der Waals surface area contributed by atoms with Gasteiger partial charge in [-0.05, 0) is 0 Å². The first-order valence-corrected chi connectivity index (χ1v) is 4.23. The van der Waals surface area contributed by atoms with Gasteiger partial charge >= 0.3 is 0 Å². The number of nitrogens with zero attached hydrogens (tertiary/aromatic N) is 1. The number of halogens is 1. The molecule has 0 aromatic heterocycles. The van der Waals surface area contributed by atoms with Crippen LogP contribution in [0.25, 0.3) is 0 Å². The molecule has 5 heteroatoms. The summed E-state index contributed by atoms with van der Waals surface area (Å²) in [6.45, 7) is 3.24. The summed E-state index contributed by atoms with van der Waals surface area (Å²) in [4.78, 5) is 9.96.